The van der Waals surface area contributed by atoms with E-state index in [1.54, 1.807) is 25.7 Å². The van der Waals surface area contributed by atoms with Crippen LogP contribution in [0, 0.1) is 19.8 Å². The van der Waals surface area contributed by atoms with E-state index in [1.165, 1.54) is 7.11 Å². The first-order valence-electron chi connectivity index (χ1n) is 13.6. The van der Waals surface area contributed by atoms with Crippen molar-refractivity contribution >= 4 is 23.9 Å². The molecule has 0 spiro atoms. The van der Waals surface area contributed by atoms with Gasteiger partial charge in [-0.05, 0) is 63.6 Å². The summed E-state index contributed by atoms with van der Waals surface area (Å²) in [5.74, 6) is -1.34. The van der Waals surface area contributed by atoms with Crippen molar-refractivity contribution in [2.45, 2.75) is 78.1 Å². The van der Waals surface area contributed by atoms with Crippen LogP contribution in [0.4, 0.5) is 4.79 Å². The van der Waals surface area contributed by atoms with Crippen molar-refractivity contribution < 1.29 is 28.7 Å². The molecule has 3 rings (SSSR count). The normalized spacial score (nSPS) is 17.7. The predicted molar refractivity (Wildman–Crippen MR) is 151 cm³/mol. The fraction of sp³-hybridized carbons (Fsp3) is 0.484. The van der Waals surface area contributed by atoms with E-state index in [-0.39, 0.29) is 24.9 Å². The quantitative estimate of drug-likeness (QED) is 0.432. The van der Waals surface area contributed by atoms with Crippen LogP contribution in [-0.4, -0.2) is 60.1 Å². The van der Waals surface area contributed by atoms with Crippen LogP contribution in [0.15, 0.2) is 48.5 Å². The van der Waals surface area contributed by atoms with Crippen LogP contribution in [0.3, 0.4) is 0 Å². The van der Waals surface area contributed by atoms with Crippen LogP contribution >= 0.6 is 0 Å². The van der Waals surface area contributed by atoms with E-state index in [2.05, 4.69) is 10.6 Å². The number of carbonyl (C=O) groups is 4. The van der Waals surface area contributed by atoms with Crippen LogP contribution < -0.4 is 10.6 Å². The molecule has 0 saturated heterocycles. The van der Waals surface area contributed by atoms with Gasteiger partial charge in [0.05, 0.1) is 7.11 Å². The maximum Gasteiger partial charge on any atom is 0.408 e. The van der Waals surface area contributed by atoms with Gasteiger partial charge in [0.25, 0.3) is 0 Å². The number of esters is 1. The molecule has 1 aliphatic rings. The van der Waals surface area contributed by atoms with Crippen LogP contribution in [0.25, 0.3) is 0 Å². The molecule has 2 aromatic carbocycles. The van der Waals surface area contributed by atoms with Crippen molar-refractivity contribution in [3.05, 3.63) is 70.8 Å². The van der Waals surface area contributed by atoms with Gasteiger partial charge in [-0.1, -0.05) is 61.0 Å². The van der Waals surface area contributed by atoms with Crippen molar-refractivity contribution in [2.75, 3.05) is 13.7 Å². The van der Waals surface area contributed by atoms with E-state index in [0.29, 0.717) is 12.0 Å². The molecule has 1 aliphatic carbocycles. The van der Waals surface area contributed by atoms with Crippen LogP contribution in [0.2, 0.25) is 0 Å². The molecule has 9 heteroatoms. The molecule has 0 heterocycles. The summed E-state index contributed by atoms with van der Waals surface area (Å²) in [6, 6.07) is 12.8. The molecule has 0 aliphatic heterocycles. The van der Waals surface area contributed by atoms with Crippen molar-refractivity contribution in [1.82, 2.24) is 15.5 Å². The minimum atomic E-state index is -1.02. The van der Waals surface area contributed by atoms with Gasteiger partial charge in [0.15, 0.2) is 0 Å². The Hall–Kier alpha value is -3.88. The SMILES string of the molecule is COC(=O)CNC(=O)C(c1ccc(C)cc1C)N(C(=O)C(Cc1ccccc1)NC(=O)OC(C)(C)C)C1CC1C. The highest BCUT2D eigenvalue weighted by Crippen LogP contribution is 2.41. The fourth-order valence-electron chi connectivity index (χ4n) is 4.73. The fourth-order valence-corrected chi connectivity index (χ4v) is 4.73. The molecule has 2 N–H and O–H groups in total. The Morgan fingerprint density at radius 2 is 1.70 bits per heavy atom. The standard InChI is InChI=1S/C31H41N3O6/c1-19-13-14-23(20(2)15-19)27(28(36)32-18-26(35)39-7)34(25-16-21(25)3)29(37)24(17-22-11-9-8-10-12-22)33-30(38)40-31(4,5)6/h8-15,21,24-25,27H,16-18H2,1-7H3,(H,32,36)(H,33,38). The monoisotopic (exact) mass is 551 g/mol. The molecule has 0 bridgehead atoms. The van der Waals surface area contributed by atoms with E-state index in [4.69, 9.17) is 9.47 Å². The number of nitrogens with one attached hydrogen (secondary N) is 2. The van der Waals surface area contributed by atoms with Gasteiger partial charge in [-0.2, -0.15) is 0 Å². The second-order valence-electron chi connectivity index (χ2n) is 11.5. The summed E-state index contributed by atoms with van der Waals surface area (Å²) in [4.78, 5) is 54.5. The van der Waals surface area contributed by atoms with Gasteiger partial charge < -0.3 is 25.0 Å². The number of hydrogen-bond acceptors (Lipinski definition) is 6. The number of hydrogen-bond donors (Lipinski definition) is 2. The average Bonchev–Trinajstić information content (AvgIpc) is 3.60. The number of rotatable bonds is 10. The van der Waals surface area contributed by atoms with Gasteiger partial charge in [0.1, 0.15) is 24.2 Å². The number of ether oxygens (including phenoxy) is 2. The van der Waals surface area contributed by atoms with Crippen LogP contribution in [0.5, 0.6) is 0 Å². The van der Waals surface area contributed by atoms with E-state index >= 15 is 0 Å². The maximum atomic E-state index is 14.5. The lowest BCUT2D eigenvalue weighted by molar-refractivity contribution is -0.145. The summed E-state index contributed by atoms with van der Waals surface area (Å²) >= 11 is 0. The van der Waals surface area contributed by atoms with Gasteiger partial charge in [-0.25, -0.2) is 4.79 Å². The minimum absolute atomic E-state index is 0.157. The Bertz CT molecular complexity index is 1220. The first-order chi connectivity index (χ1) is 18.8. The summed E-state index contributed by atoms with van der Waals surface area (Å²) in [5, 5.41) is 5.42. The van der Waals surface area contributed by atoms with Gasteiger partial charge in [-0.3, -0.25) is 14.4 Å². The predicted octanol–water partition coefficient (Wildman–Crippen LogP) is 4.01. The van der Waals surface area contributed by atoms with Crippen LogP contribution in [0.1, 0.15) is 62.4 Å². The van der Waals surface area contributed by atoms with Gasteiger partial charge in [-0.15, -0.1) is 0 Å². The summed E-state index contributed by atoms with van der Waals surface area (Å²) < 4.78 is 10.2. The van der Waals surface area contributed by atoms with Gasteiger partial charge in [0, 0.05) is 12.5 Å². The lowest BCUT2D eigenvalue weighted by atomic mass is 9.95. The lowest BCUT2D eigenvalue weighted by Gasteiger charge is -2.35. The summed E-state index contributed by atoms with van der Waals surface area (Å²) in [6.45, 7) is 10.8. The number of amides is 3. The number of carbonyl (C=O) groups excluding carboxylic acids is 4. The average molecular weight is 552 g/mol. The zero-order valence-electron chi connectivity index (χ0n) is 24.4. The molecule has 1 saturated carbocycles. The Labute approximate surface area is 236 Å². The summed E-state index contributed by atoms with van der Waals surface area (Å²) in [5.41, 5.74) is 2.59. The molecule has 40 heavy (non-hydrogen) atoms. The van der Waals surface area contributed by atoms with Crippen LogP contribution in [-0.2, 0) is 30.3 Å². The van der Waals surface area contributed by atoms with Gasteiger partial charge in [0.2, 0.25) is 11.8 Å². The summed E-state index contributed by atoms with van der Waals surface area (Å²) in [6.07, 6.45) is 0.200. The van der Waals surface area contributed by atoms with E-state index in [1.807, 2.05) is 69.3 Å². The van der Waals surface area contributed by atoms with Crippen molar-refractivity contribution in [3.63, 3.8) is 0 Å². The number of benzene rings is 2. The molecule has 0 aromatic heterocycles. The smallest absolute Gasteiger partial charge is 0.408 e. The molecule has 4 atom stereocenters. The molecule has 216 valence electrons. The van der Waals surface area contributed by atoms with Crippen molar-refractivity contribution in [1.29, 1.82) is 0 Å². The largest absolute Gasteiger partial charge is 0.468 e. The second-order valence-corrected chi connectivity index (χ2v) is 11.5. The number of nitrogens with zero attached hydrogens (tertiary/aromatic N) is 1. The molecule has 2 aromatic rings. The first kappa shape index (κ1) is 30.7. The van der Waals surface area contributed by atoms with Gasteiger partial charge >= 0.3 is 12.1 Å². The third-order valence-corrected chi connectivity index (χ3v) is 6.83. The van der Waals surface area contributed by atoms with E-state index < -0.39 is 41.6 Å². The van der Waals surface area contributed by atoms with E-state index in [9.17, 15) is 19.2 Å². The first-order valence-corrected chi connectivity index (χ1v) is 13.6. The Morgan fingerprint density at radius 1 is 1.05 bits per heavy atom. The molecule has 0 radical (unpaired) electrons. The number of aryl methyl sites for hydroxylation is 2. The highest BCUT2D eigenvalue weighted by atomic mass is 16.6. The molecular weight excluding hydrogens is 510 g/mol. The lowest BCUT2D eigenvalue weighted by Crippen LogP contribution is -2.55. The number of methoxy groups -OCH3 is 1. The Kier molecular flexibility index (Phi) is 9.95. The third kappa shape index (κ3) is 8.31. The zero-order valence-corrected chi connectivity index (χ0v) is 24.4. The second kappa shape index (κ2) is 13.0. The van der Waals surface area contributed by atoms with E-state index in [0.717, 1.165) is 16.7 Å². The highest BCUT2D eigenvalue weighted by molar-refractivity contribution is 5.94. The van der Waals surface area contributed by atoms with Crippen molar-refractivity contribution in [3.8, 4) is 0 Å². The molecule has 3 amide bonds. The summed E-state index contributed by atoms with van der Waals surface area (Å²) in [7, 11) is 1.24. The third-order valence-electron chi connectivity index (χ3n) is 6.83. The minimum Gasteiger partial charge on any atom is -0.468 e. The molecule has 1 fully saturated rings. The maximum absolute atomic E-state index is 14.5. The molecule has 4 unspecified atom stereocenters. The Balaban J connectivity index is 2.05. The van der Waals surface area contributed by atoms with Crippen molar-refractivity contribution in [2.24, 2.45) is 5.92 Å². The molecule has 9 nitrogen and oxygen atoms in total. The highest BCUT2D eigenvalue weighted by Gasteiger charge is 2.48. The molecular formula is C31H41N3O6. The zero-order chi connectivity index (χ0) is 29.6. The Morgan fingerprint density at radius 3 is 2.25 bits per heavy atom. The topological polar surface area (TPSA) is 114 Å². The number of alkyl carbamates (subject to hydrolysis) is 1.